The van der Waals surface area contributed by atoms with Gasteiger partial charge in [-0.2, -0.15) is 0 Å². The summed E-state index contributed by atoms with van der Waals surface area (Å²) in [5.74, 6) is 0.902. The van der Waals surface area contributed by atoms with Gasteiger partial charge in [0.2, 0.25) is 0 Å². The molecule has 0 bridgehead atoms. The molecule has 3 atom stereocenters. The predicted octanol–water partition coefficient (Wildman–Crippen LogP) is 5.73. The summed E-state index contributed by atoms with van der Waals surface area (Å²) in [7, 11) is 0. The Balaban J connectivity index is 1.44. The van der Waals surface area contributed by atoms with Crippen molar-refractivity contribution in [3.8, 4) is 5.75 Å². The second kappa shape index (κ2) is 8.64. The highest BCUT2D eigenvalue weighted by Crippen LogP contribution is 2.33. The summed E-state index contributed by atoms with van der Waals surface area (Å²) >= 11 is 6.48. The lowest BCUT2D eigenvalue weighted by molar-refractivity contribution is -0.0414. The van der Waals surface area contributed by atoms with Crippen LogP contribution in [0.3, 0.4) is 0 Å². The molecule has 2 aliphatic heterocycles. The first-order valence-corrected chi connectivity index (χ1v) is 10.3. The Morgan fingerprint density at radius 3 is 2.67 bits per heavy atom. The van der Waals surface area contributed by atoms with Crippen LogP contribution >= 0.6 is 11.6 Å². The van der Waals surface area contributed by atoms with E-state index in [4.69, 9.17) is 25.8 Å². The van der Waals surface area contributed by atoms with E-state index in [0.29, 0.717) is 12.7 Å². The van der Waals surface area contributed by atoms with Crippen molar-refractivity contribution in [3.63, 3.8) is 0 Å². The summed E-state index contributed by atoms with van der Waals surface area (Å²) < 4.78 is 17.4. The van der Waals surface area contributed by atoms with Crippen molar-refractivity contribution >= 4 is 11.6 Å². The van der Waals surface area contributed by atoms with Crippen molar-refractivity contribution < 1.29 is 14.2 Å². The van der Waals surface area contributed by atoms with Gasteiger partial charge in [-0.1, -0.05) is 35.9 Å². The highest BCUT2D eigenvalue weighted by molar-refractivity contribution is 6.31. The molecule has 0 aliphatic carbocycles. The first kappa shape index (κ1) is 18.8. The Hall–Kier alpha value is -1.55. The summed E-state index contributed by atoms with van der Waals surface area (Å²) in [6.07, 6.45) is 5.93. The molecule has 2 aromatic carbocycles. The molecule has 27 heavy (non-hydrogen) atoms. The molecule has 4 rings (SSSR count). The maximum absolute atomic E-state index is 6.48. The molecule has 3 nitrogen and oxygen atoms in total. The van der Waals surface area contributed by atoms with Gasteiger partial charge in [-0.15, -0.1) is 0 Å². The molecule has 2 fully saturated rings. The van der Waals surface area contributed by atoms with E-state index in [0.717, 1.165) is 48.6 Å². The summed E-state index contributed by atoms with van der Waals surface area (Å²) in [5.41, 5.74) is 3.61. The van der Waals surface area contributed by atoms with Gasteiger partial charge in [0.15, 0.2) is 0 Å². The number of halogens is 1. The quantitative estimate of drug-likeness (QED) is 0.656. The van der Waals surface area contributed by atoms with Crippen LogP contribution in [0.5, 0.6) is 5.75 Å². The standard InChI is InChI=1S/C23H27ClO3/c1-16-3-2-4-23(26-16)18-7-10-22(24)19(14-18)13-17-5-8-20(9-6-17)27-21-11-12-25-15-21/h5-10,14,16,21,23H,2-4,11-13,15H2,1H3/t16?,21-,23?/m0/s1. The van der Waals surface area contributed by atoms with Crippen molar-refractivity contribution in [1.82, 2.24) is 0 Å². The van der Waals surface area contributed by atoms with Crippen molar-refractivity contribution in [1.29, 1.82) is 0 Å². The van der Waals surface area contributed by atoms with Gasteiger partial charge >= 0.3 is 0 Å². The molecule has 0 saturated carbocycles. The van der Waals surface area contributed by atoms with Gasteiger partial charge < -0.3 is 14.2 Å². The van der Waals surface area contributed by atoms with Crippen molar-refractivity contribution in [2.45, 2.75) is 57.3 Å². The van der Waals surface area contributed by atoms with E-state index < -0.39 is 0 Å². The van der Waals surface area contributed by atoms with Crippen LogP contribution in [0, 0.1) is 0 Å². The molecular weight excluding hydrogens is 360 g/mol. The van der Waals surface area contributed by atoms with E-state index >= 15 is 0 Å². The molecule has 2 aromatic rings. The molecule has 0 aromatic heterocycles. The lowest BCUT2D eigenvalue weighted by Crippen LogP contribution is -2.19. The summed E-state index contributed by atoms with van der Waals surface area (Å²) in [6, 6.07) is 14.6. The minimum atomic E-state index is 0.180. The third kappa shape index (κ3) is 4.84. The normalized spacial score (nSPS) is 25.5. The summed E-state index contributed by atoms with van der Waals surface area (Å²) in [4.78, 5) is 0. The molecule has 0 amide bonds. The summed E-state index contributed by atoms with van der Waals surface area (Å²) in [6.45, 7) is 3.64. The number of rotatable bonds is 5. The van der Waals surface area contributed by atoms with Gasteiger partial charge in [0.1, 0.15) is 11.9 Å². The van der Waals surface area contributed by atoms with E-state index in [2.05, 4.69) is 31.2 Å². The molecule has 0 N–H and O–H groups in total. The molecule has 0 spiro atoms. The van der Waals surface area contributed by atoms with Crippen LogP contribution in [-0.2, 0) is 15.9 Å². The Labute approximate surface area is 166 Å². The van der Waals surface area contributed by atoms with Gasteiger partial charge in [-0.25, -0.2) is 0 Å². The minimum absolute atomic E-state index is 0.180. The number of ether oxygens (including phenoxy) is 3. The molecule has 2 unspecified atom stereocenters. The molecule has 144 valence electrons. The van der Waals surface area contributed by atoms with Crippen LogP contribution < -0.4 is 4.74 Å². The van der Waals surface area contributed by atoms with E-state index in [-0.39, 0.29) is 12.2 Å². The van der Waals surface area contributed by atoms with Crippen LogP contribution in [0.1, 0.15) is 55.4 Å². The fourth-order valence-electron chi connectivity index (χ4n) is 3.89. The van der Waals surface area contributed by atoms with Gasteiger partial charge in [-0.05, 0) is 67.5 Å². The van der Waals surface area contributed by atoms with Crippen LogP contribution in [-0.4, -0.2) is 25.4 Å². The highest BCUT2D eigenvalue weighted by atomic mass is 35.5. The van der Waals surface area contributed by atoms with E-state index in [9.17, 15) is 0 Å². The Bertz CT molecular complexity index is 753. The van der Waals surface area contributed by atoms with Gasteiger partial charge in [0.25, 0.3) is 0 Å². The highest BCUT2D eigenvalue weighted by Gasteiger charge is 2.21. The maximum Gasteiger partial charge on any atom is 0.124 e. The largest absolute Gasteiger partial charge is 0.488 e. The van der Waals surface area contributed by atoms with Crippen LogP contribution in [0.4, 0.5) is 0 Å². The smallest absolute Gasteiger partial charge is 0.124 e. The number of hydrogen-bond donors (Lipinski definition) is 0. The zero-order chi connectivity index (χ0) is 18.6. The molecule has 2 heterocycles. The Morgan fingerprint density at radius 2 is 1.93 bits per heavy atom. The molecular formula is C23H27ClO3. The average Bonchev–Trinajstić information content (AvgIpc) is 3.18. The third-order valence-corrected chi connectivity index (χ3v) is 5.79. The summed E-state index contributed by atoms with van der Waals surface area (Å²) in [5, 5.41) is 0.811. The lowest BCUT2D eigenvalue weighted by atomic mass is 9.95. The zero-order valence-corrected chi connectivity index (χ0v) is 16.6. The Morgan fingerprint density at radius 1 is 1.07 bits per heavy atom. The Kier molecular flexibility index (Phi) is 6.01. The van der Waals surface area contributed by atoms with Gasteiger partial charge in [-0.3, -0.25) is 0 Å². The van der Waals surface area contributed by atoms with Gasteiger partial charge in [0.05, 0.1) is 25.4 Å². The van der Waals surface area contributed by atoms with Crippen LogP contribution in [0.25, 0.3) is 0 Å². The lowest BCUT2D eigenvalue weighted by Gasteiger charge is -2.28. The van der Waals surface area contributed by atoms with Crippen molar-refractivity contribution in [3.05, 3.63) is 64.2 Å². The second-order valence-electron chi connectivity index (χ2n) is 7.64. The van der Waals surface area contributed by atoms with E-state index in [1.807, 2.05) is 18.2 Å². The minimum Gasteiger partial charge on any atom is -0.488 e. The van der Waals surface area contributed by atoms with E-state index in [1.165, 1.54) is 17.5 Å². The maximum atomic E-state index is 6.48. The van der Waals surface area contributed by atoms with Crippen molar-refractivity contribution in [2.24, 2.45) is 0 Å². The second-order valence-corrected chi connectivity index (χ2v) is 8.05. The fraction of sp³-hybridized carbons (Fsp3) is 0.478. The SMILES string of the molecule is CC1CCCC(c2ccc(Cl)c(Cc3ccc(O[C@H]4CCOC4)cc3)c2)O1. The van der Waals surface area contributed by atoms with Crippen LogP contribution in [0.2, 0.25) is 5.02 Å². The number of hydrogen-bond acceptors (Lipinski definition) is 3. The molecule has 4 heteroatoms. The molecule has 2 aliphatic rings. The predicted molar refractivity (Wildman–Crippen MR) is 108 cm³/mol. The first-order chi connectivity index (χ1) is 13.2. The van der Waals surface area contributed by atoms with E-state index in [1.54, 1.807) is 0 Å². The van der Waals surface area contributed by atoms with Crippen molar-refractivity contribution in [2.75, 3.05) is 13.2 Å². The number of benzene rings is 2. The topological polar surface area (TPSA) is 27.7 Å². The van der Waals surface area contributed by atoms with Crippen LogP contribution in [0.15, 0.2) is 42.5 Å². The molecule has 0 radical (unpaired) electrons. The first-order valence-electron chi connectivity index (χ1n) is 9.94. The third-order valence-electron chi connectivity index (χ3n) is 5.42. The molecule has 2 saturated heterocycles. The average molecular weight is 387 g/mol. The zero-order valence-electron chi connectivity index (χ0n) is 15.8. The monoisotopic (exact) mass is 386 g/mol. The fourth-order valence-corrected chi connectivity index (χ4v) is 4.07. The van der Waals surface area contributed by atoms with Gasteiger partial charge in [0, 0.05) is 11.4 Å².